The van der Waals surface area contributed by atoms with E-state index in [4.69, 9.17) is 25.7 Å². The van der Waals surface area contributed by atoms with E-state index < -0.39 is 48.0 Å². The lowest BCUT2D eigenvalue weighted by Gasteiger charge is -2.26. The fourth-order valence-corrected chi connectivity index (χ4v) is 10.0. The van der Waals surface area contributed by atoms with Crippen molar-refractivity contribution in [2.45, 2.75) is 29.4 Å². The third-order valence-electron chi connectivity index (χ3n) is 9.59. The number of carbonyl (C=O) groups is 1. The molecule has 18 nitrogen and oxygen atoms in total. The fourth-order valence-electron chi connectivity index (χ4n) is 6.41. The Hall–Kier alpha value is -7.21. The van der Waals surface area contributed by atoms with Gasteiger partial charge in [-0.2, -0.15) is 14.4 Å². The minimum Gasteiger partial charge on any atom is -0.497 e. The molecule has 0 aliphatic rings. The van der Waals surface area contributed by atoms with Gasteiger partial charge in [-0.15, -0.1) is 10.2 Å². The van der Waals surface area contributed by atoms with Crippen molar-refractivity contribution in [2.75, 3.05) is 45.1 Å². The van der Waals surface area contributed by atoms with E-state index in [0.717, 1.165) is 15.9 Å². The average molecular weight is 868 g/mol. The van der Waals surface area contributed by atoms with Crippen molar-refractivity contribution >= 4 is 37.3 Å². The highest BCUT2D eigenvalue weighted by atomic mass is 32.2. The zero-order chi connectivity index (χ0) is 43.9. The highest BCUT2D eigenvalue weighted by molar-refractivity contribution is 7.93. The largest absolute Gasteiger partial charge is 0.497 e. The molecule has 5 aromatic carbocycles. The van der Waals surface area contributed by atoms with Gasteiger partial charge in [-0.05, 0) is 76.0 Å². The Labute approximate surface area is 351 Å². The van der Waals surface area contributed by atoms with Crippen LogP contribution in [0.5, 0.6) is 17.2 Å². The molecule has 0 saturated carbocycles. The zero-order valence-electron chi connectivity index (χ0n) is 33.1. The van der Waals surface area contributed by atoms with Gasteiger partial charge in [-0.1, -0.05) is 48.5 Å². The average Bonchev–Trinajstić information content (AvgIpc) is 3.72. The summed E-state index contributed by atoms with van der Waals surface area (Å²) in [6, 6.07) is 27.6. The first-order valence-electron chi connectivity index (χ1n) is 18.3. The lowest BCUT2D eigenvalue weighted by Crippen LogP contribution is -2.33. The molecule has 0 unspecified atom stereocenters. The standard InChI is InChI=1S/C41H41N9O9S2/c1-57-30-11-4-26(5-12-30)23-49(24-27-6-13-31(58-2)14-7-27)61(55,56)39-35(60(53,54)21-20-45-41(51)52)19-18-33(34-17-10-29(22-42)37(43)38(34)44)36(39)40-46-48-50(47-40)25-28-8-15-32(59-3)16-9-28/h4-19,45H,20-21,23-25,43-44H2,1-3H3,(H,51,52). The number of nitrogen functional groups attached to an aromatic ring is 2. The van der Waals surface area contributed by atoms with Crippen molar-refractivity contribution in [3.8, 4) is 45.8 Å². The predicted octanol–water partition coefficient (Wildman–Crippen LogP) is 4.55. The van der Waals surface area contributed by atoms with Gasteiger partial charge in [0.15, 0.2) is 9.84 Å². The van der Waals surface area contributed by atoms with Gasteiger partial charge in [0.05, 0.1) is 61.0 Å². The Morgan fingerprint density at radius 2 is 1.30 bits per heavy atom. The van der Waals surface area contributed by atoms with Crippen molar-refractivity contribution in [3.63, 3.8) is 0 Å². The Balaban J connectivity index is 1.65. The Morgan fingerprint density at radius 1 is 0.770 bits per heavy atom. The molecule has 6 aromatic rings. The highest BCUT2D eigenvalue weighted by Crippen LogP contribution is 2.44. The van der Waals surface area contributed by atoms with Crippen LogP contribution >= 0.6 is 0 Å². The Bertz CT molecular complexity index is 2760. The molecule has 0 atom stereocenters. The number of rotatable bonds is 17. The second-order valence-electron chi connectivity index (χ2n) is 13.4. The van der Waals surface area contributed by atoms with E-state index in [1.807, 2.05) is 11.4 Å². The molecular formula is C41H41N9O9S2. The van der Waals surface area contributed by atoms with Gasteiger partial charge in [0.2, 0.25) is 15.8 Å². The van der Waals surface area contributed by atoms with Gasteiger partial charge in [0, 0.05) is 25.2 Å². The van der Waals surface area contributed by atoms with E-state index in [1.54, 1.807) is 72.8 Å². The van der Waals surface area contributed by atoms with Crippen LogP contribution < -0.4 is 31.0 Å². The van der Waals surface area contributed by atoms with Crippen LogP contribution in [-0.2, 0) is 39.5 Å². The van der Waals surface area contributed by atoms with E-state index in [2.05, 4.69) is 15.4 Å². The molecule has 0 fully saturated rings. The molecule has 6 rings (SSSR count). The number of amides is 1. The number of hydrogen-bond donors (Lipinski definition) is 4. The van der Waals surface area contributed by atoms with Gasteiger partial charge >= 0.3 is 6.09 Å². The number of nitrogens with zero attached hydrogens (tertiary/aromatic N) is 6. The maximum absolute atomic E-state index is 15.7. The summed E-state index contributed by atoms with van der Waals surface area (Å²) in [5.74, 6) is 0.546. The van der Waals surface area contributed by atoms with Crippen molar-refractivity contribution in [1.29, 1.82) is 5.26 Å². The Morgan fingerprint density at radius 3 is 1.80 bits per heavy atom. The normalized spacial score (nSPS) is 11.5. The molecule has 0 aliphatic heterocycles. The minimum absolute atomic E-state index is 0.0488. The number of sulfone groups is 1. The number of aromatic nitrogens is 4. The van der Waals surface area contributed by atoms with Crippen LogP contribution in [0.4, 0.5) is 16.2 Å². The van der Waals surface area contributed by atoms with Gasteiger partial charge < -0.3 is 36.1 Å². The lowest BCUT2D eigenvalue weighted by molar-refractivity contribution is 0.195. The van der Waals surface area contributed by atoms with Crippen LogP contribution in [0.25, 0.3) is 22.5 Å². The summed E-state index contributed by atoms with van der Waals surface area (Å²) in [4.78, 5) is 11.2. The van der Waals surface area contributed by atoms with E-state index >= 15 is 8.42 Å². The zero-order valence-corrected chi connectivity index (χ0v) is 34.8. The molecule has 1 amide bonds. The number of carboxylic acid groups (broad SMARTS) is 1. The second-order valence-corrected chi connectivity index (χ2v) is 17.4. The van der Waals surface area contributed by atoms with Crippen LogP contribution in [0.15, 0.2) is 107 Å². The predicted molar refractivity (Wildman–Crippen MR) is 225 cm³/mol. The first-order valence-corrected chi connectivity index (χ1v) is 21.4. The van der Waals surface area contributed by atoms with Gasteiger partial charge in [0.1, 0.15) is 28.2 Å². The number of nitriles is 1. The summed E-state index contributed by atoms with van der Waals surface area (Å²) in [6.45, 7) is -1.01. The van der Waals surface area contributed by atoms with Crippen LogP contribution in [0.2, 0.25) is 0 Å². The van der Waals surface area contributed by atoms with E-state index in [0.29, 0.717) is 28.4 Å². The molecule has 61 heavy (non-hydrogen) atoms. The third kappa shape index (κ3) is 9.65. The van der Waals surface area contributed by atoms with E-state index in [9.17, 15) is 23.6 Å². The Kier molecular flexibility index (Phi) is 13.1. The first-order chi connectivity index (χ1) is 29.2. The molecule has 1 heterocycles. The summed E-state index contributed by atoms with van der Waals surface area (Å²) in [5.41, 5.74) is 14.4. The van der Waals surface area contributed by atoms with Crippen molar-refractivity contribution in [3.05, 3.63) is 119 Å². The van der Waals surface area contributed by atoms with Crippen LogP contribution in [0.3, 0.4) is 0 Å². The summed E-state index contributed by atoms with van der Waals surface area (Å²) < 4.78 is 77.3. The molecule has 0 saturated heterocycles. The summed E-state index contributed by atoms with van der Waals surface area (Å²) in [7, 11) is -5.10. The molecule has 316 valence electrons. The summed E-state index contributed by atoms with van der Waals surface area (Å²) >= 11 is 0. The quantitative estimate of drug-likeness (QED) is 0.0916. The second kappa shape index (κ2) is 18.4. The van der Waals surface area contributed by atoms with Crippen LogP contribution in [-0.4, -0.2) is 86.2 Å². The maximum Gasteiger partial charge on any atom is 0.404 e. The molecule has 6 N–H and O–H groups in total. The molecule has 20 heteroatoms. The van der Waals surface area contributed by atoms with Crippen molar-refractivity contribution < 1.29 is 40.9 Å². The van der Waals surface area contributed by atoms with Gasteiger partial charge in [-0.25, -0.2) is 21.6 Å². The molecular weight excluding hydrogens is 827 g/mol. The van der Waals surface area contributed by atoms with E-state index in [1.165, 1.54) is 44.3 Å². The first kappa shape index (κ1) is 43.4. The van der Waals surface area contributed by atoms with Crippen LogP contribution in [0, 0.1) is 11.3 Å². The number of benzene rings is 5. The fraction of sp³-hybridized carbons (Fsp3) is 0.195. The SMILES string of the molecule is COc1ccc(CN(Cc2ccc(OC)cc2)S(=O)(=O)c2c(S(=O)(=O)CCNC(=O)O)ccc(-c3ccc(C#N)c(N)c3N)c2-c2nnn(Cc3ccc(OC)cc3)n2)cc1. The number of anilines is 2. The van der Waals surface area contributed by atoms with Crippen LogP contribution in [0.1, 0.15) is 22.3 Å². The van der Waals surface area contributed by atoms with Gasteiger partial charge in [0.25, 0.3) is 0 Å². The van der Waals surface area contributed by atoms with Crippen molar-refractivity contribution in [2.24, 2.45) is 0 Å². The van der Waals surface area contributed by atoms with Crippen molar-refractivity contribution in [1.82, 2.24) is 29.8 Å². The number of methoxy groups -OCH3 is 3. The number of ether oxygens (including phenoxy) is 3. The number of sulfonamides is 1. The minimum atomic E-state index is -4.99. The summed E-state index contributed by atoms with van der Waals surface area (Å²) in [6.07, 6.45) is -1.48. The lowest BCUT2D eigenvalue weighted by atomic mass is 9.95. The monoisotopic (exact) mass is 867 g/mol. The number of tetrazole rings is 1. The maximum atomic E-state index is 15.7. The molecule has 0 aliphatic carbocycles. The molecule has 1 aromatic heterocycles. The third-order valence-corrected chi connectivity index (χ3v) is 13.4. The smallest absolute Gasteiger partial charge is 0.404 e. The topological polar surface area (TPSA) is 268 Å². The summed E-state index contributed by atoms with van der Waals surface area (Å²) in [5, 5.41) is 34.1. The molecule has 0 radical (unpaired) electrons. The number of hydrogen-bond acceptors (Lipinski definition) is 14. The highest BCUT2D eigenvalue weighted by Gasteiger charge is 2.38. The molecule has 0 spiro atoms. The number of nitrogens with one attached hydrogen (secondary N) is 1. The molecule has 0 bridgehead atoms. The number of nitrogens with two attached hydrogens (primary N) is 2. The van der Waals surface area contributed by atoms with Gasteiger partial charge in [-0.3, -0.25) is 0 Å². The van der Waals surface area contributed by atoms with E-state index in [-0.39, 0.29) is 59.1 Å².